The number of ether oxygens (including phenoxy) is 1. The molecular weight excluding hydrogens is 360 g/mol. The normalized spacial score (nSPS) is 24.6. The average molecular weight is 390 g/mol. The van der Waals surface area contributed by atoms with Gasteiger partial charge in [0.15, 0.2) is 0 Å². The molecule has 28 heavy (non-hydrogen) atoms. The maximum Gasteiger partial charge on any atom is 0.328 e. The highest BCUT2D eigenvalue weighted by Gasteiger charge is 2.29. The molecule has 1 unspecified atom stereocenters. The molecule has 4 rings (SSSR count). The monoisotopic (exact) mass is 390 g/mol. The first kappa shape index (κ1) is 19.4. The Morgan fingerprint density at radius 1 is 1.04 bits per heavy atom. The molecule has 1 aromatic rings. The molecular formula is C20H30N4O4. The molecule has 2 saturated heterocycles. The Morgan fingerprint density at radius 3 is 2.46 bits per heavy atom. The number of piperazine rings is 1. The van der Waals surface area contributed by atoms with Crippen LogP contribution < -0.4 is 11.2 Å². The van der Waals surface area contributed by atoms with Crippen LogP contribution in [-0.2, 0) is 11.3 Å². The van der Waals surface area contributed by atoms with E-state index in [1.807, 2.05) is 0 Å². The third-order valence-electron chi connectivity index (χ3n) is 6.39. The summed E-state index contributed by atoms with van der Waals surface area (Å²) in [6.07, 6.45) is 9.32. The summed E-state index contributed by atoms with van der Waals surface area (Å²) in [4.78, 5) is 44.7. The van der Waals surface area contributed by atoms with Crippen molar-refractivity contribution in [2.24, 2.45) is 0 Å². The second-order valence-corrected chi connectivity index (χ2v) is 8.18. The number of carbonyl (C=O) groups is 1. The number of amides is 1. The van der Waals surface area contributed by atoms with Gasteiger partial charge in [0.25, 0.3) is 11.5 Å². The molecule has 0 aromatic carbocycles. The summed E-state index contributed by atoms with van der Waals surface area (Å²) < 4.78 is 6.65. The number of nitrogens with zero attached hydrogens (tertiary/aromatic N) is 3. The molecule has 1 N–H and O–H groups in total. The lowest BCUT2D eigenvalue weighted by atomic mass is 9.94. The van der Waals surface area contributed by atoms with Crippen LogP contribution in [0.15, 0.2) is 15.8 Å². The highest BCUT2D eigenvalue weighted by atomic mass is 16.5. The van der Waals surface area contributed by atoms with Crippen LogP contribution in [-0.4, -0.2) is 70.2 Å². The standard InChI is InChI=1S/C20H30N4O4/c25-18(23-10-8-22(9-11-23)15-5-2-1-3-6-15)17-13-21-20(27)24(19(17)26)14-16-7-4-12-28-16/h13,15-16H,1-12,14H2,(H,21,27). The summed E-state index contributed by atoms with van der Waals surface area (Å²) in [7, 11) is 0. The van der Waals surface area contributed by atoms with Gasteiger partial charge in [0.05, 0.1) is 12.6 Å². The van der Waals surface area contributed by atoms with E-state index in [0.717, 1.165) is 30.5 Å². The Bertz CT molecular complexity index is 797. The predicted molar refractivity (Wildman–Crippen MR) is 105 cm³/mol. The fourth-order valence-electron chi connectivity index (χ4n) is 4.73. The van der Waals surface area contributed by atoms with Crippen LogP contribution in [0, 0.1) is 0 Å². The van der Waals surface area contributed by atoms with E-state index in [2.05, 4.69) is 9.88 Å². The van der Waals surface area contributed by atoms with E-state index >= 15 is 0 Å². The summed E-state index contributed by atoms with van der Waals surface area (Å²) >= 11 is 0. The van der Waals surface area contributed by atoms with Crippen molar-refractivity contribution >= 4 is 5.91 Å². The summed E-state index contributed by atoms with van der Waals surface area (Å²) in [5.41, 5.74) is -0.957. The lowest BCUT2D eigenvalue weighted by Crippen LogP contribution is -2.53. The van der Waals surface area contributed by atoms with Gasteiger partial charge in [0, 0.05) is 45.0 Å². The Morgan fingerprint density at radius 2 is 1.79 bits per heavy atom. The van der Waals surface area contributed by atoms with Crippen LogP contribution in [0.4, 0.5) is 0 Å². The number of hydrogen-bond donors (Lipinski definition) is 1. The number of rotatable bonds is 4. The maximum atomic E-state index is 12.9. The SMILES string of the molecule is O=C(c1c[nH]c(=O)n(CC2CCCO2)c1=O)N1CCN(C2CCCCC2)CC1. The molecule has 0 radical (unpaired) electrons. The first-order valence-electron chi connectivity index (χ1n) is 10.6. The summed E-state index contributed by atoms with van der Waals surface area (Å²) in [6, 6.07) is 0.641. The van der Waals surface area contributed by atoms with Gasteiger partial charge in [-0.15, -0.1) is 0 Å². The lowest BCUT2D eigenvalue weighted by molar-refractivity contribution is 0.0519. The maximum absolute atomic E-state index is 12.9. The van der Waals surface area contributed by atoms with E-state index in [-0.39, 0.29) is 24.1 Å². The van der Waals surface area contributed by atoms with Crippen molar-refractivity contribution in [3.8, 4) is 0 Å². The molecule has 3 aliphatic rings. The van der Waals surface area contributed by atoms with Gasteiger partial charge in [-0.05, 0) is 25.7 Å². The molecule has 0 bridgehead atoms. The molecule has 1 amide bonds. The first-order chi connectivity index (χ1) is 13.6. The van der Waals surface area contributed by atoms with Crippen LogP contribution in [0.5, 0.6) is 0 Å². The molecule has 1 atom stereocenters. The zero-order valence-corrected chi connectivity index (χ0v) is 16.4. The molecule has 1 aliphatic carbocycles. The number of aromatic amines is 1. The topological polar surface area (TPSA) is 87.6 Å². The minimum atomic E-state index is -0.515. The van der Waals surface area contributed by atoms with Crippen molar-refractivity contribution in [1.29, 1.82) is 0 Å². The van der Waals surface area contributed by atoms with E-state index in [4.69, 9.17) is 4.74 Å². The van der Waals surface area contributed by atoms with Gasteiger partial charge in [-0.25, -0.2) is 4.79 Å². The number of carbonyl (C=O) groups excluding carboxylic acids is 1. The molecule has 1 aromatic heterocycles. The summed E-state index contributed by atoms with van der Waals surface area (Å²) in [5.74, 6) is -0.286. The highest BCUT2D eigenvalue weighted by molar-refractivity contribution is 5.93. The van der Waals surface area contributed by atoms with Crippen LogP contribution >= 0.6 is 0 Å². The Labute approximate surface area is 164 Å². The number of hydrogen-bond acceptors (Lipinski definition) is 5. The summed E-state index contributed by atoms with van der Waals surface area (Å²) in [5, 5.41) is 0. The van der Waals surface area contributed by atoms with Gasteiger partial charge in [-0.1, -0.05) is 19.3 Å². The highest BCUT2D eigenvalue weighted by Crippen LogP contribution is 2.23. The number of aromatic nitrogens is 2. The van der Waals surface area contributed by atoms with Crippen molar-refractivity contribution in [2.75, 3.05) is 32.8 Å². The van der Waals surface area contributed by atoms with Crippen molar-refractivity contribution in [1.82, 2.24) is 19.4 Å². The molecule has 2 aliphatic heterocycles. The van der Waals surface area contributed by atoms with Gasteiger partial charge in [-0.3, -0.25) is 19.1 Å². The lowest BCUT2D eigenvalue weighted by Gasteiger charge is -2.40. The third-order valence-corrected chi connectivity index (χ3v) is 6.39. The van der Waals surface area contributed by atoms with Gasteiger partial charge in [-0.2, -0.15) is 0 Å². The number of nitrogens with one attached hydrogen (secondary N) is 1. The minimum Gasteiger partial charge on any atom is -0.376 e. The van der Waals surface area contributed by atoms with Crippen LogP contribution in [0.1, 0.15) is 55.3 Å². The zero-order valence-electron chi connectivity index (χ0n) is 16.4. The van der Waals surface area contributed by atoms with Gasteiger partial charge in [0.1, 0.15) is 5.56 Å². The van der Waals surface area contributed by atoms with E-state index in [9.17, 15) is 14.4 Å². The molecule has 8 heteroatoms. The molecule has 154 valence electrons. The van der Waals surface area contributed by atoms with Crippen molar-refractivity contribution in [3.05, 3.63) is 32.6 Å². The van der Waals surface area contributed by atoms with E-state index in [0.29, 0.717) is 25.7 Å². The second-order valence-electron chi connectivity index (χ2n) is 8.18. The Kier molecular flexibility index (Phi) is 5.96. The van der Waals surface area contributed by atoms with Crippen LogP contribution in [0.25, 0.3) is 0 Å². The van der Waals surface area contributed by atoms with Gasteiger partial charge in [0.2, 0.25) is 0 Å². The van der Waals surface area contributed by atoms with Crippen LogP contribution in [0.3, 0.4) is 0 Å². The average Bonchev–Trinajstić information content (AvgIpc) is 3.25. The number of H-pyrrole nitrogens is 1. The Balaban J connectivity index is 1.43. The molecule has 8 nitrogen and oxygen atoms in total. The minimum absolute atomic E-state index is 0.0451. The van der Waals surface area contributed by atoms with Crippen molar-refractivity contribution in [2.45, 2.75) is 63.6 Å². The Hall–Kier alpha value is -1.93. The fraction of sp³-hybridized carbons (Fsp3) is 0.750. The van der Waals surface area contributed by atoms with Gasteiger partial charge >= 0.3 is 5.69 Å². The predicted octanol–water partition coefficient (Wildman–Crippen LogP) is 0.806. The molecule has 0 spiro atoms. The molecule has 1 saturated carbocycles. The quantitative estimate of drug-likeness (QED) is 0.822. The fourth-order valence-corrected chi connectivity index (χ4v) is 4.73. The van der Waals surface area contributed by atoms with Gasteiger partial charge < -0.3 is 14.6 Å². The van der Waals surface area contributed by atoms with Crippen molar-refractivity contribution < 1.29 is 9.53 Å². The second kappa shape index (κ2) is 8.61. The van der Waals surface area contributed by atoms with E-state index in [1.165, 1.54) is 38.3 Å². The van der Waals surface area contributed by atoms with Crippen LogP contribution in [0.2, 0.25) is 0 Å². The smallest absolute Gasteiger partial charge is 0.328 e. The van der Waals surface area contributed by atoms with E-state index in [1.54, 1.807) is 4.90 Å². The largest absolute Gasteiger partial charge is 0.376 e. The van der Waals surface area contributed by atoms with Crippen molar-refractivity contribution in [3.63, 3.8) is 0 Å². The summed E-state index contributed by atoms with van der Waals surface area (Å²) in [6.45, 7) is 3.80. The van der Waals surface area contributed by atoms with E-state index < -0.39 is 11.2 Å². The molecule has 3 heterocycles. The first-order valence-corrected chi connectivity index (χ1v) is 10.6. The molecule has 3 fully saturated rings. The third kappa shape index (κ3) is 4.07. The zero-order chi connectivity index (χ0) is 19.5.